The second-order valence-corrected chi connectivity index (χ2v) is 4.46. The van der Waals surface area contributed by atoms with Crippen molar-refractivity contribution in [1.29, 1.82) is 0 Å². The highest BCUT2D eigenvalue weighted by atomic mass is 15.1. The van der Waals surface area contributed by atoms with Gasteiger partial charge in [-0.3, -0.25) is 0 Å². The zero-order chi connectivity index (χ0) is 10.4. The van der Waals surface area contributed by atoms with Crippen molar-refractivity contribution in [1.82, 2.24) is 10.2 Å². The third-order valence-corrected chi connectivity index (χ3v) is 2.98. The van der Waals surface area contributed by atoms with Crippen molar-refractivity contribution >= 4 is 0 Å². The SMILES string of the molecule is C=C(C)CCNCC1CCN(CC)C1. The minimum Gasteiger partial charge on any atom is -0.316 e. The van der Waals surface area contributed by atoms with Crippen LogP contribution in [0.3, 0.4) is 0 Å². The van der Waals surface area contributed by atoms with Gasteiger partial charge in [-0.25, -0.2) is 0 Å². The molecule has 82 valence electrons. The molecular formula is C12H24N2. The van der Waals surface area contributed by atoms with Crippen LogP contribution < -0.4 is 5.32 Å². The molecule has 0 amide bonds. The first-order valence-corrected chi connectivity index (χ1v) is 5.79. The number of nitrogens with one attached hydrogen (secondary N) is 1. The summed E-state index contributed by atoms with van der Waals surface area (Å²) in [4.78, 5) is 2.53. The Hall–Kier alpha value is -0.340. The van der Waals surface area contributed by atoms with Gasteiger partial charge < -0.3 is 10.2 Å². The van der Waals surface area contributed by atoms with E-state index >= 15 is 0 Å². The Labute approximate surface area is 88.4 Å². The smallest absolute Gasteiger partial charge is 0.00222 e. The molecule has 0 aromatic carbocycles. The highest BCUT2D eigenvalue weighted by molar-refractivity contribution is 4.88. The molecule has 1 fully saturated rings. The molecule has 0 aromatic heterocycles. The van der Waals surface area contributed by atoms with E-state index in [-0.39, 0.29) is 0 Å². The Kier molecular flexibility index (Phi) is 5.20. The third kappa shape index (κ3) is 4.25. The maximum absolute atomic E-state index is 3.90. The van der Waals surface area contributed by atoms with Gasteiger partial charge in [-0.15, -0.1) is 6.58 Å². The van der Waals surface area contributed by atoms with E-state index < -0.39 is 0 Å². The Bertz CT molecular complexity index is 177. The predicted octanol–water partition coefficient (Wildman–Crippen LogP) is 1.88. The van der Waals surface area contributed by atoms with Crippen LogP contribution in [0, 0.1) is 5.92 Å². The van der Waals surface area contributed by atoms with Crippen LogP contribution in [0.5, 0.6) is 0 Å². The van der Waals surface area contributed by atoms with Crippen LogP contribution in [0.4, 0.5) is 0 Å². The second-order valence-electron chi connectivity index (χ2n) is 4.46. The van der Waals surface area contributed by atoms with Crippen molar-refractivity contribution in [3.63, 3.8) is 0 Å². The molecule has 14 heavy (non-hydrogen) atoms. The van der Waals surface area contributed by atoms with Crippen molar-refractivity contribution < 1.29 is 0 Å². The van der Waals surface area contributed by atoms with E-state index in [0.717, 1.165) is 18.9 Å². The summed E-state index contributed by atoms with van der Waals surface area (Å²) < 4.78 is 0. The molecule has 0 bridgehead atoms. The molecule has 2 heteroatoms. The Morgan fingerprint density at radius 1 is 1.57 bits per heavy atom. The average molecular weight is 196 g/mol. The first kappa shape index (κ1) is 11.7. The summed E-state index contributed by atoms with van der Waals surface area (Å²) in [6.45, 7) is 14.3. The molecule has 1 saturated heterocycles. The van der Waals surface area contributed by atoms with Gasteiger partial charge in [0.1, 0.15) is 0 Å². The summed E-state index contributed by atoms with van der Waals surface area (Å²) in [5.41, 5.74) is 1.28. The summed E-state index contributed by atoms with van der Waals surface area (Å²) in [7, 11) is 0. The number of nitrogens with zero attached hydrogens (tertiary/aromatic N) is 1. The number of hydrogen-bond acceptors (Lipinski definition) is 2. The molecule has 1 heterocycles. The maximum atomic E-state index is 3.90. The van der Waals surface area contributed by atoms with Crippen molar-refractivity contribution in [2.45, 2.75) is 26.7 Å². The van der Waals surface area contributed by atoms with Crippen molar-refractivity contribution in [3.8, 4) is 0 Å². The monoisotopic (exact) mass is 196 g/mol. The van der Waals surface area contributed by atoms with E-state index in [1.54, 1.807) is 0 Å². The number of rotatable bonds is 6. The fourth-order valence-electron chi connectivity index (χ4n) is 1.97. The summed E-state index contributed by atoms with van der Waals surface area (Å²) in [5, 5.41) is 3.52. The van der Waals surface area contributed by atoms with Gasteiger partial charge in [0.05, 0.1) is 0 Å². The van der Waals surface area contributed by atoms with E-state index in [9.17, 15) is 0 Å². The second kappa shape index (κ2) is 6.20. The zero-order valence-corrected chi connectivity index (χ0v) is 9.68. The van der Waals surface area contributed by atoms with E-state index in [4.69, 9.17) is 0 Å². The van der Waals surface area contributed by atoms with Crippen LogP contribution in [0.15, 0.2) is 12.2 Å². The normalized spacial score (nSPS) is 22.9. The molecule has 0 aromatic rings. The fourth-order valence-corrected chi connectivity index (χ4v) is 1.97. The Morgan fingerprint density at radius 3 is 2.93 bits per heavy atom. The summed E-state index contributed by atoms with van der Waals surface area (Å²) in [6, 6.07) is 0. The summed E-state index contributed by atoms with van der Waals surface area (Å²) in [6.07, 6.45) is 2.48. The molecule has 1 aliphatic rings. The molecule has 1 aliphatic heterocycles. The largest absolute Gasteiger partial charge is 0.316 e. The molecule has 1 N–H and O–H groups in total. The van der Waals surface area contributed by atoms with Crippen molar-refractivity contribution in [2.75, 3.05) is 32.7 Å². The molecular weight excluding hydrogens is 172 g/mol. The van der Waals surface area contributed by atoms with Gasteiger partial charge >= 0.3 is 0 Å². The minimum absolute atomic E-state index is 0.875. The standard InChI is InChI=1S/C12H24N2/c1-4-14-8-6-12(10-14)9-13-7-5-11(2)3/h12-13H,2,4-10H2,1,3H3. The van der Waals surface area contributed by atoms with Gasteiger partial charge in [-0.05, 0) is 51.9 Å². The number of likely N-dealkylation sites (tertiary alicyclic amines) is 1. The molecule has 0 aliphatic carbocycles. The molecule has 1 atom stereocenters. The quantitative estimate of drug-likeness (QED) is 0.515. The lowest BCUT2D eigenvalue weighted by molar-refractivity contribution is 0.339. The highest BCUT2D eigenvalue weighted by Gasteiger charge is 2.20. The molecule has 0 radical (unpaired) electrons. The molecule has 2 nitrogen and oxygen atoms in total. The van der Waals surface area contributed by atoms with Crippen molar-refractivity contribution in [3.05, 3.63) is 12.2 Å². The predicted molar refractivity (Wildman–Crippen MR) is 62.5 cm³/mol. The molecule has 1 rings (SSSR count). The summed E-state index contributed by atoms with van der Waals surface area (Å²) >= 11 is 0. The number of hydrogen-bond donors (Lipinski definition) is 1. The van der Waals surface area contributed by atoms with Gasteiger partial charge in [0.15, 0.2) is 0 Å². The van der Waals surface area contributed by atoms with E-state index in [1.165, 1.54) is 38.2 Å². The van der Waals surface area contributed by atoms with Crippen LogP contribution in [0.2, 0.25) is 0 Å². The lowest BCUT2D eigenvalue weighted by atomic mass is 10.1. The molecule has 0 spiro atoms. The highest BCUT2D eigenvalue weighted by Crippen LogP contribution is 2.14. The molecule has 1 unspecified atom stereocenters. The van der Waals surface area contributed by atoms with Crippen LogP contribution >= 0.6 is 0 Å². The third-order valence-electron chi connectivity index (χ3n) is 2.98. The van der Waals surface area contributed by atoms with Crippen LogP contribution in [0.1, 0.15) is 26.7 Å². The lowest BCUT2D eigenvalue weighted by Crippen LogP contribution is -2.27. The minimum atomic E-state index is 0.875. The summed E-state index contributed by atoms with van der Waals surface area (Å²) in [5.74, 6) is 0.875. The van der Waals surface area contributed by atoms with Gasteiger partial charge in [0.2, 0.25) is 0 Å². The molecule has 0 saturated carbocycles. The van der Waals surface area contributed by atoms with Gasteiger partial charge in [-0.1, -0.05) is 12.5 Å². The van der Waals surface area contributed by atoms with Crippen molar-refractivity contribution in [2.24, 2.45) is 5.92 Å². The van der Waals surface area contributed by atoms with Gasteiger partial charge in [0, 0.05) is 6.54 Å². The Morgan fingerprint density at radius 2 is 2.36 bits per heavy atom. The maximum Gasteiger partial charge on any atom is 0.00222 e. The van der Waals surface area contributed by atoms with Crippen LogP contribution in [-0.2, 0) is 0 Å². The zero-order valence-electron chi connectivity index (χ0n) is 9.68. The van der Waals surface area contributed by atoms with Gasteiger partial charge in [0.25, 0.3) is 0 Å². The fraction of sp³-hybridized carbons (Fsp3) is 0.833. The lowest BCUT2D eigenvalue weighted by Gasteiger charge is -2.13. The van der Waals surface area contributed by atoms with E-state index in [1.807, 2.05) is 0 Å². The van der Waals surface area contributed by atoms with Crippen LogP contribution in [0.25, 0.3) is 0 Å². The van der Waals surface area contributed by atoms with Gasteiger partial charge in [-0.2, -0.15) is 0 Å². The first-order chi connectivity index (χ1) is 6.72. The van der Waals surface area contributed by atoms with E-state index in [0.29, 0.717) is 0 Å². The topological polar surface area (TPSA) is 15.3 Å². The van der Waals surface area contributed by atoms with Crippen LogP contribution in [-0.4, -0.2) is 37.6 Å². The Balaban J connectivity index is 2.00. The average Bonchev–Trinajstić information content (AvgIpc) is 2.60. The first-order valence-electron chi connectivity index (χ1n) is 5.79. The van der Waals surface area contributed by atoms with E-state index in [2.05, 4.69) is 30.6 Å².